The Morgan fingerprint density at radius 1 is 0.927 bits per heavy atom. The maximum atomic E-state index is 12.7. The van der Waals surface area contributed by atoms with E-state index in [2.05, 4.69) is 4.58 Å². The minimum atomic E-state index is -1.34. The van der Waals surface area contributed by atoms with Gasteiger partial charge in [-0.25, -0.2) is 4.58 Å². The number of non-ortho nitro benzene ring substituents is 1. The number of anilines is 1. The zero-order chi connectivity index (χ0) is 29.3. The highest BCUT2D eigenvalue weighted by Crippen LogP contribution is 2.52. The van der Waals surface area contributed by atoms with E-state index in [9.17, 15) is 35.4 Å². The van der Waals surface area contributed by atoms with Gasteiger partial charge in [0.2, 0.25) is 0 Å². The third-order valence-electron chi connectivity index (χ3n) is 7.43. The van der Waals surface area contributed by atoms with Gasteiger partial charge in [0.05, 0.1) is 32.7 Å². The van der Waals surface area contributed by atoms with Gasteiger partial charge < -0.3 is 14.7 Å². The van der Waals surface area contributed by atoms with Crippen LogP contribution >= 0.6 is 0 Å². The first kappa shape index (κ1) is 27.4. The van der Waals surface area contributed by atoms with E-state index in [4.69, 9.17) is 4.74 Å². The number of fused-ring (bicyclic) bond motifs is 1. The summed E-state index contributed by atoms with van der Waals surface area (Å²) in [5.41, 5.74) is 0.0303. The molecule has 1 fully saturated rings. The number of nitrogens with zero attached hydrogens (tertiary/aromatic N) is 5. The molecular formula is C28H26N5O8+. The van der Waals surface area contributed by atoms with E-state index in [0.717, 1.165) is 22.6 Å². The van der Waals surface area contributed by atoms with Gasteiger partial charge in [0.1, 0.15) is 18.9 Å². The van der Waals surface area contributed by atoms with Crippen molar-refractivity contribution >= 4 is 22.8 Å². The van der Waals surface area contributed by atoms with Crippen molar-refractivity contribution in [3.05, 3.63) is 131 Å². The van der Waals surface area contributed by atoms with Gasteiger partial charge in [0.25, 0.3) is 17.3 Å². The summed E-state index contributed by atoms with van der Waals surface area (Å²) in [4.78, 5) is 35.4. The van der Waals surface area contributed by atoms with E-state index in [1.165, 1.54) is 7.05 Å². The third-order valence-corrected chi connectivity index (χ3v) is 7.43. The average molecular weight is 561 g/mol. The Balaban J connectivity index is 1.93. The van der Waals surface area contributed by atoms with Gasteiger partial charge in [-0.05, 0) is 17.7 Å². The molecular weight excluding hydrogens is 534 g/mol. The molecule has 2 atom stereocenters. The fourth-order valence-corrected chi connectivity index (χ4v) is 5.71. The molecule has 2 aliphatic heterocycles. The second kappa shape index (κ2) is 11.1. The van der Waals surface area contributed by atoms with Gasteiger partial charge in [0.15, 0.2) is 18.8 Å². The van der Waals surface area contributed by atoms with E-state index >= 15 is 0 Å². The largest absolute Gasteiger partial charge is 0.490 e. The van der Waals surface area contributed by atoms with Gasteiger partial charge >= 0.3 is 5.70 Å². The second-order valence-corrected chi connectivity index (χ2v) is 9.66. The molecule has 13 heteroatoms. The summed E-state index contributed by atoms with van der Waals surface area (Å²) >= 11 is 0. The van der Waals surface area contributed by atoms with Crippen molar-refractivity contribution in [2.24, 2.45) is 0 Å². The number of nitro groups is 3. The lowest BCUT2D eigenvalue weighted by atomic mass is 9.72. The zero-order valence-electron chi connectivity index (χ0n) is 22.0. The Morgan fingerprint density at radius 2 is 1.54 bits per heavy atom. The molecule has 41 heavy (non-hydrogen) atoms. The molecule has 210 valence electrons. The summed E-state index contributed by atoms with van der Waals surface area (Å²) in [6.45, 7) is 1.74. The lowest BCUT2D eigenvalue weighted by molar-refractivity contribution is -0.550. The predicted octanol–water partition coefficient (Wildman–Crippen LogP) is 4.36. The number of ether oxygens (including phenoxy) is 1. The summed E-state index contributed by atoms with van der Waals surface area (Å²) in [5, 5.41) is 48.0. The highest BCUT2D eigenvalue weighted by molar-refractivity contribution is 6.03. The van der Waals surface area contributed by atoms with Crippen LogP contribution in [-0.4, -0.2) is 63.5 Å². The summed E-state index contributed by atoms with van der Waals surface area (Å²) in [5.74, 6) is -3.00. The van der Waals surface area contributed by atoms with E-state index < -0.39 is 49.6 Å². The van der Waals surface area contributed by atoms with Crippen LogP contribution in [0.2, 0.25) is 0 Å². The minimum Gasteiger partial charge on any atom is -0.490 e. The molecule has 5 rings (SSSR count). The number of aliphatic hydroxyl groups is 1. The molecule has 1 saturated heterocycles. The van der Waals surface area contributed by atoms with Crippen molar-refractivity contribution in [1.29, 1.82) is 0 Å². The van der Waals surface area contributed by atoms with E-state index in [-0.39, 0.29) is 11.3 Å². The van der Waals surface area contributed by atoms with Crippen LogP contribution in [0.25, 0.3) is 0 Å². The Bertz CT molecular complexity index is 1580. The lowest BCUT2D eigenvalue weighted by Crippen LogP contribution is -2.40. The number of aliphatic hydroxyl groups excluding tert-OH is 1. The van der Waals surface area contributed by atoms with Crippen molar-refractivity contribution in [2.75, 3.05) is 38.3 Å². The molecule has 2 aliphatic rings. The average Bonchev–Trinajstić information content (AvgIpc) is 2.98. The van der Waals surface area contributed by atoms with Crippen molar-refractivity contribution < 1.29 is 29.2 Å². The van der Waals surface area contributed by atoms with Crippen LogP contribution in [-0.2, 0) is 4.74 Å². The Morgan fingerprint density at radius 3 is 2.10 bits per heavy atom. The fraction of sp³-hybridized carbons (Fsp3) is 0.250. The number of hydrogen-bond acceptors (Lipinski definition) is 9. The monoisotopic (exact) mass is 560 g/mol. The normalized spacial score (nSPS) is 17.5. The second-order valence-electron chi connectivity index (χ2n) is 9.66. The summed E-state index contributed by atoms with van der Waals surface area (Å²) in [7, 11) is 1.26. The zero-order valence-corrected chi connectivity index (χ0v) is 22.0. The van der Waals surface area contributed by atoms with Crippen LogP contribution in [0.15, 0.2) is 84.4 Å². The highest BCUT2D eigenvalue weighted by Gasteiger charge is 2.51. The molecule has 0 radical (unpaired) electrons. The number of morpholine rings is 1. The molecule has 13 nitrogen and oxygen atoms in total. The van der Waals surface area contributed by atoms with Crippen molar-refractivity contribution in [1.82, 2.24) is 0 Å². The molecule has 2 heterocycles. The number of benzene rings is 3. The van der Waals surface area contributed by atoms with E-state index in [0.29, 0.717) is 37.6 Å². The van der Waals surface area contributed by atoms with E-state index in [1.54, 1.807) is 30.3 Å². The molecule has 0 amide bonds. The standard InChI is InChI=1S/C28H25N5O8/c1-29-26-21(16-20(31(35)36)17-22(26)32(37)38)24(27(28(29)34)33(39)40)23(18-8-4-2-5-9-18)25(19-10-6-3-7-11-19)30-12-14-41-15-13-30/h2-11,16-17,23-24H,12-15H2,1H3/p+1. The molecule has 0 bridgehead atoms. The van der Waals surface area contributed by atoms with Gasteiger partial charge in [-0.3, -0.25) is 30.3 Å². The Hall–Kier alpha value is -5.17. The van der Waals surface area contributed by atoms with Gasteiger partial charge in [0, 0.05) is 24.2 Å². The summed E-state index contributed by atoms with van der Waals surface area (Å²) in [6.07, 6.45) is 0. The number of nitro benzene ring substituents is 2. The minimum absolute atomic E-state index is 0.00607. The van der Waals surface area contributed by atoms with Crippen molar-refractivity contribution in [3.63, 3.8) is 0 Å². The topological polar surface area (TPSA) is 165 Å². The van der Waals surface area contributed by atoms with Crippen molar-refractivity contribution in [2.45, 2.75) is 11.8 Å². The smallest absolute Gasteiger partial charge is 0.314 e. The molecule has 2 unspecified atom stereocenters. The van der Waals surface area contributed by atoms with Gasteiger partial charge in [-0.1, -0.05) is 48.5 Å². The van der Waals surface area contributed by atoms with Crippen molar-refractivity contribution in [3.8, 4) is 0 Å². The van der Waals surface area contributed by atoms with Gasteiger partial charge in [-0.15, -0.1) is 0 Å². The number of rotatable bonds is 7. The van der Waals surface area contributed by atoms with Crippen LogP contribution < -0.4 is 4.90 Å². The summed E-state index contributed by atoms with van der Waals surface area (Å²) in [6, 6.07) is 20.1. The summed E-state index contributed by atoms with van der Waals surface area (Å²) < 4.78 is 7.63. The highest BCUT2D eigenvalue weighted by atomic mass is 16.6. The lowest BCUT2D eigenvalue weighted by Gasteiger charge is -2.34. The molecule has 3 aromatic carbocycles. The molecule has 1 N–H and O–H groups in total. The first-order valence-corrected chi connectivity index (χ1v) is 12.8. The van der Waals surface area contributed by atoms with Crippen LogP contribution in [0.3, 0.4) is 0 Å². The predicted molar refractivity (Wildman–Crippen MR) is 148 cm³/mol. The Kier molecular flexibility index (Phi) is 7.44. The first-order valence-electron chi connectivity index (χ1n) is 12.8. The molecule has 0 aromatic heterocycles. The Labute approximate surface area is 233 Å². The van der Waals surface area contributed by atoms with Gasteiger partial charge in [-0.2, -0.15) is 0 Å². The third kappa shape index (κ3) is 4.98. The van der Waals surface area contributed by atoms with Crippen LogP contribution in [0.4, 0.5) is 17.1 Å². The maximum absolute atomic E-state index is 12.7. The number of hydrogen-bond donors (Lipinski definition) is 1. The molecule has 0 aliphatic carbocycles. The maximum Gasteiger partial charge on any atom is 0.314 e. The SMILES string of the molecule is CN1C(O)=C([N+](=O)[O-])C(C(C(c2ccccc2)=[N+]2CCOCC2)c2ccccc2)c2cc([N+](=O)[O-])cc([N+](=O)[O-])c21. The first-order chi connectivity index (χ1) is 19.7. The van der Waals surface area contributed by atoms with Crippen LogP contribution in [0, 0.1) is 30.3 Å². The molecule has 0 saturated carbocycles. The quantitative estimate of drug-likeness (QED) is 0.251. The molecule has 0 spiro atoms. The van der Waals surface area contributed by atoms with Crippen LogP contribution in [0.5, 0.6) is 0 Å². The van der Waals surface area contributed by atoms with Crippen LogP contribution in [0.1, 0.15) is 28.5 Å². The number of allylic oxidation sites excluding steroid dienone is 1. The molecule has 3 aromatic rings. The fourth-order valence-electron chi connectivity index (χ4n) is 5.71. The van der Waals surface area contributed by atoms with E-state index in [1.807, 2.05) is 30.3 Å².